The number of Topliss-reactive ketones (excluding diaryl/α,β-unsaturated/α-hetero) is 1. The summed E-state index contributed by atoms with van der Waals surface area (Å²) in [5.74, 6) is 0.509. The number of rotatable bonds is 6. The van der Waals surface area contributed by atoms with Crippen LogP contribution in [0.2, 0.25) is 0 Å². The monoisotopic (exact) mass is 406 g/mol. The summed E-state index contributed by atoms with van der Waals surface area (Å²) in [4.78, 5) is 21.2. The summed E-state index contributed by atoms with van der Waals surface area (Å²) >= 11 is 0. The van der Waals surface area contributed by atoms with Gasteiger partial charge in [0, 0.05) is 17.5 Å². The molecule has 1 aromatic heterocycles. The van der Waals surface area contributed by atoms with E-state index in [2.05, 4.69) is 9.97 Å². The van der Waals surface area contributed by atoms with E-state index in [9.17, 15) is 15.0 Å². The number of ether oxygens (including phenoxy) is 1. The van der Waals surface area contributed by atoms with Crippen LogP contribution in [0.4, 0.5) is 0 Å². The van der Waals surface area contributed by atoms with E-state index in [0.29, 0.717) is 34.7 Å². The number of carbonyl (C=O) groups excluding carboxylic acids is 1. The van der Waals surface area contributed by atoms with E-state index in [0.717, 1.165) is 5.56 Å². The van der Waals surface area contributed by atoms with Gasteiger partial charge in [0.2, 0.25) is 0 Å². The van der Waals surface area contributed by atoms with Crippen molar-refractivity contribution in [3.63, 3.8) is 0 Å². The van der Waals surface area contributed by atoms with Gasteiger partial charge in [-0.15, -0.1) is 0 Å². The number of aromatic nitrogens is 2. The maximum atomic E-state index is 12.5. The maximum absolute atomic E-state index is 12.5. The molecule has 1 heterocycles. The van der Waals surface area contributed by atoms with E-state index < -0.39 is 0 Å². The average molecular weight is 406 g/mol. The SMILES string of the molecule is Cc1c(OCc2cnc(-c3cccc(O)c3)cn2)ccc(C(=O)CC(C)(C)C)c1O. The molecule has 0 aliphatic heterocycles. The zero-order valence-electron chi connectivity index (χ0n) is 17.6. The van der Waals surface area contributed by atoms with Crippen LogP contribution in [0.3, 0.4) is 0 Å². The molecular formula is C24H26N2O4. The van der Waals surface area contributed by atoms with E-state index in [1.807, 2.05) is 26.8 Å². The normalized spacial score (nSPS) is 11.3. The van der Waals surface area contributed by atoms with Gasteiger partial charge in [-0.2, -0.15) is 0 Å². The van der Waals surface area contributed by atoms with Gasteiger partial charge in [0.1, 0.15) is 23.9 Å². The van der Waals surface area contributed by atoms with Crippen molar-refractivity contribution in [1.29, 1.82) is 0 Å². The third kappa shape index (κ3) is 5.14. The van der Waals surface area contributed by atoms with E-state index in [1.165, 1.54) is 0 Å². The summed E-state index contributed by atoms with van der Waals surface area (Å²) in [5, 5.41) is 20.1. The first-order chi connectivity index (χ1) is 14.1. The Morgan fingerprint density at radius 2 is 1.83 bits per heavy atom. The Labute approximate surface area is 176 Å². The summed E-state index contributed by atoms with van der Waals surface area (Å²) in [6.45, 7) is 7.84. The molecule has 6 nitrogen and oxygen atoms in total. The lowest BCUT2D eigenvalue weighted by molar-refractivity contribution is 0.0937. The second-order valence-corrected chi connectivity index (χ2v) is 8.48. The van der Waals surface area contributed by atoms with Crippen LogP contribution in [0.25, 0.3) is 11.3 Å². The number of nitrogens with zero attached hydrogens (tertiary/aromatic N) is 2. The molecule has 0 atom stereocenters. The molecule has 0 saturated heterocycles. The van der Waals surface area contributed by atoms with Gasteiger partial charge in [-0.25, -0.2) is 0 Å². The third-order valence-corrected chi connectivity index (χ3v) is 4.60. The standard InChI is InChI=1S/C24H26N2O4/c1-15-22(9-8-19(23(15)29)21(28)11-24(2,3)4)30-14-17-12-26-20(13-25-17)16-6-5-7-18(27)10-16/h5-10,12-13,27,29H,11,14H2,1-4H3. The number of phenols is 2. The van der Waals surface area contributed by atoms with Crippen LogP contribution in [0.5, 0.6) is 17.2 Å². The minimum Gasteiger partial charge on any atom is -0.508 e. The van der Waals surface area contributed by atoms with Crippen LogP contribution in [0, 0.1) is 12.3 Å². The van der Waals surface area contributed by atoms with Crippen molar-refractivity contribution >= 4 is 5.78 Å². The highest BCUT2D eigenvalue weighted by molar-refractivity contribution is 5.99. The van der Waals surface area contributed by atoms with Crippen molar-refractivity contribution in [2.24, 2.45) is 5.41 Å². The largest absolute Gasteiger partial charge is 0.508 e. The number of hydrogen-bond donors (Lipinski definition) is 2. The van der Waals surface area contributed by atoms with E-state index in [1.54, 1.807) is 49.6 Å². The number of carbonyl (C=O) groups is 1. The van der Waals surface area contributed by atoms with Crippen LogP contribution in [0.1, 0.15) is 48.8 Å². The maximum Gasteiger partial charge on any atom is 0.167 e. The fourth-order valence-corrected chi connectivity index (χ4v) is 3.04. The lowest BCUT2D eigenvalue weighted by atomic mass is 9.87. The highest BCUT2D eigenvalue weighted by Crippen LogP contribution is 2.33. The van der Waals surface area contributed by atoms with E-state index in [4.69, 9.17) is 4.74 Å². The summed E-state index contributed by atoms with van der Waals surface area (Å²) < 4.78 is 5.79. The Kier molecular flexibility index (Phi) is 6.06. The fourth-order valence-electron chi connectivity index (χ4n) is 3.04. The zero-order valence-corrected chi connectivity index (χ0v) is 17.6. The molecule has 0 amide bonds. The number of hydrogen-bond acceptors (Lipinski definition) is 6. The molecule has 0 fully saturated rings. The molecule has 0 aliphatic rings. The predicted octanol–water partition coefficient (Wildman–Crippen LogP) is 5.06. The summed E-state index contributed by atoms with van der Waals surface area (Å²) in [6, 6.07) is 10.1. The highest BCUT2D eigenvalue weighted by atomic mass is 16.5. The summed E-state index contributed by atoms with van der Waals surface area (Å²) in [7, 11) is 0. The molecule has 0 saturated carbocycles. The van der Waals surface area contributed by atoms with Crippen molar-refractivity contribution in [3.05, 3.63) is 65.6 Å². The van der Waals surface area contributed by atoms with Gasteiger partial charge in [-0.1, -0.05) is 32.9 Å². The van der Waals surface area contributed by atoms with Gasteiger partial charge in [0.15, 0.2) is 5.78 Å². The Bertz CT molecular complexity index is 1050. The molecule has 2 N–H and O–H groups in total. The van der Waals surface area contributed by atoms with Gasteiger partial charge in [0.25, 0.3) is 0 Å². The van der Waals surface area contributed by atoms with Crippen LogP contribution in [-0.2, 0) is 6.61 Å². The number of ketones is 1. The van der Waals surface area contributed by atoms with Gasteiger partial charge in [-0.3, -0.25) is 14.8 Å². The molecule has 0 bridgehead atoms. The fraction of sp³-hybridized carbons (Fsp3) is 0.292. The first-order valence-electron chi connectivity index (χ1n) is 9.73. The summed E-state index contributed by atoms with van der Waals surface area (Å²) in [5.41, 5.74) is 2.70. The molecule has 3 rings (SSSR count). The molecule has 0 unspecified atom stereocenters. The van der Waals surface area contributed by atoms with Crippen molar-refractivity contribution < 1.29 is 19.7 Å². The minimum absolute atomic E-state index is 0.0490. The first kappa shape index (κ1) is 21.3. The Balaban J connectivity index is 1.70. The lowest BCUT2D eigenvalue weighted by Gasteiger charge is -2.18. The van der Waals surface area contributed by atoms with Crippen LogP contribution in [-0.4, -0.2) is 26.0 Å². The van der Waals surface area contributed by atoms with Crippen LogP contribution >= 0.6 is 0 Å². The number of aromatic hydroxyl groups is 2. The topological polar surface area (TPSA) is 92.5 Å². The van der Waals surface area contributed by atoms with Crippen molar-refractivity contribution in [3.8, 4) is 28.5 Å². The Hall–Kier alpha value is -3.41. The lowest BCUT2D eigenvalue weighted by Crippen LogP contribution is -2.13. The Morgan fingerprint density at radius 3 is 2.47 bits per heavy atom. The number of phenolic OH excluding ortho intramolecular Hbond substituents is 2. The predicted molar refractivity (Wildman–Crippen MR) is 115 cm³/mol. The molecule has 30 heavy (non-hydrogen) atoms. The molecule has 0 spiro atoms. The van der Waals surface area contributed by atoms with Crippen LogP contribution < -0.4 is 4.74 Å². The van der Waals surface area contributed by atoms with Crippen molar-refractivity contribution in [1.82, 2.24) is 9.97 Å². The second-order valence-electron chi connectivity index (χ2n) is 8.48. The molecule has 2 aromatic carbocycles. The smallest absolute Gasteiger partial charge is 0.167 e. The Morgan fingerprint density at radius 1 is 1.07 bits per heavy atom. The molecule has 0 aliphatic carbocycles. The molecule has 156 valence electrons. The van der Waals surface area contributed by atoms with Gasteiger partial charge < -0.3 is 14.9 Å². The number of benzene rings is 2. The first-order valence-corrected chi connectivity index (χ1v) is 9.73. The van der Waals surface area contributed by atoms with Crippen molar-refractivity contribution in [2.75, 3.05) is 0 Å². The van der Waals surface area contributed by atoms with Gasteiger partial charge in [0.05, 0.1) is 29.3 Å². The van der Waals surface area contributed by atoms with E-state index >= 15 is 0 Å². The third-order valence-electron chi connectivity index (χ3n) is 4.60. The van der Waals surface area contributed by atoms with Crippen molar-refractivity contribution in [2.45, 2.75) is 40.7 Å². The van der Waals surface area contributed by atoms with Gasteiger partial charge >= 0.3 is 0 Å². The zero-order chi connectivity index (χ0) is 21.9. The van der Waals surface area contributed by atoms with Crippen LogP contribution in [0.15, 0.2) is 48.8 Å². The van der Waals surface area contributed by atoms with E-state index in [-0.39, 0.29) is 29.3 Å². The highest BCUT2D eigenvalue weighted by Gasteiger charge is 2.21. The second kappa shape index (κ2) is 8.53. The minimum atomic E-state index is -0.157. The molecule has 6 heteroatoms. The molecule has 0 radical (unpaired) electrons. The quantitative estimate of drug-likeness (QED) is 0.556. The average Bonchev–Trinajstić information content (AvgIpc) is 2.68. The molecule has 3 aromatic rings. The summed E-state index contributed by atoms with van der Waals surface area (Å²) in [6.07, 6.45) is 3.57. The molecular weight excluding hydrogens is 380 g/mol. The van der Waals surface area contributed by atoms with Gasteiger partial charge in [-0.05, 0) is 36.6 Å².